The first kappa shape index (κ1) is 18.1. The predicted molar refractivity (Wildman–Crippen MR) is 93.5 cm³/mol. The maximum atomic E-state index is 12.1. The van der Waals surface area contributed by atoms with Crippen molar-refractivity contribution in [3.63, 3.8) is 0 Å². The summed E-state index contributed by atoms with van der Waals surface area (Å²) in [6, 6.07) is 11.2. The number of hydrogen-bond acceptors (Lipinski definition) is 5. The van der Waals surface area contributed by atoms with Gasteiger partial charge >= 0.3 is 0 Å². The molecule has 0 unspecified atom stereocenters. The Morgan fingerprint density at radius 1 is 1.25 bits per heavy atom. The molecule has 8 heteroatoms. The largest absolute Gasteiger partial charge is 0.493 e. The smallest absolute Gasteiger partial charge is 0.276 e. The van der Waals surface area contributed by atoms with Crippen LogP contribution in [-0.4, -0.2) is 28.3 Å². The summed E-state index contributed by atoms with van der Waals surface area (Å²) in [4.78, 5) is 2.28. The number of hydrazone groups is 1. The summed E-state index contributed by atoms with van der Waals surface area (Å²) < 4.78 is 34.8. The second kappa shape index (κ2) is 8.03. The van der Waals surface area contributed by atoms with E-state index >= 15 is 0 Å². The highest BCUT2D eigenvalue weighted by Crippen LogP contribution is 2.35. The number of hydrogen-bond donors (Lipinski definition) is 1. The maximum absolute atomic E-state index is 12.1. The average molecular weight is 369 g/mol. The minimum Gasteiger partial charge on any atom is -0.493 e. The molecule has 0 radical (unpaired) electrons. The van der Waals surface area contributed by atoms with Crippen molar-refractivity contribution in [2.75, 3.05) is 13.7 Å². The Labute approximate surface area is 146 Å². The van der Waals surface area contributed by atoms with Crippen LogP contribution in [0.5, 0.6) is 11.5 Å². The summed E-state index contributed by atoms with van der Waals surface area (Å²) in [6.45, 7) is 2.28. The highest BCUT2D eigenvalue weighted by atomic mass is 35.5. The van der Waals surface area contributed by atoms with E-state index in [0.29, 0.717) is 28.7 Å². The second-order valence-electron chi connectivity index (χ2n) is 4.63. The van der Waals surface area contributed by atoms with Crippen LogP contribution in [0.1, 0.15) is 12.5 Å². The Bertz CT molecular complexity index is 823. The van der Waals surface area contributed by atoms with Crippen molar-refractivity contribution in [1.29, 1.82) is 0 Å². The predicted octanol–water partition coefficient (Wildman–Crippen LogP) is 3.06. The lowest BCUT2D eigenvalue weighted by Gasteiger charge is -2.11. The van der Waals surface area contributed by atoms with Crippen molar-refractivity contribution < 1.29 is 17.9 Å². The molecule has 0 aromatic heterocycles. The van der Waals surface area contributed by atoms with Crippen molar-refractivity contribution in [1.82, 2.24) is 4.83 Å². The molecule has 2 aromatic rings. The molecular weight excluding hydrogens is 352 g/mol. The van der Waals surface area contributed by atoms with Crippen molar-refractivity contribution >= 4 is 27.8 Å². The molecule has 0 spiro atoms. The van der Waals surface area contributed by atoms with E-state index in [-0.39, 0.29) is 4.90 Å². The Morgan fingerprint density at radius 3 is 2.58 bits per heavy atom. The Hall–Kier alpha value is -2.25. The van der Waals surface area contributed by atoms with Crippen molar-refractivity contribution in [2.24, 2.45) is 5.10 Å². The number of sulfonamides is 1. The molecule has 0 bridgehead atoms. The first-order valence-electron chi connectivity index (χ1n) is 7.08. The topological polar surface area (TPSA) is 77.0 Å². The summed E-state index contributed by atoms with van der Waals surface area (Å²) in [5.74, 6) is 0.875. The van der Waals surface area contributed by atoms with E-state index < -0.39 is 10.0 Å². The number of ether oxygens (including phenoxy) is 2. The standard InChI is InChI=1S/C16H17ClN2O4S/c1-3-23-16-14(17)9-12(10-15(16)22-2)11-18-19-24(20,21)13-7-5-4-6-8-13/h4-11,19H,3H2,1-2H3/b18-11+. The second-order valence-corrected chi connectivity index (χ2v) is 6.70. The van der Waals surface area contributed by atoms with Gasteiger partial charge in [0.15, 0.2) is 11.5 Å². The molecule has 0 heterocycles. The molecule has 1 N–H and O–H groups in total. The highest BCUT2D eigenvalue weighted by Gasteiger charge is 2.12. The first-order chi connectivity index (χ1) is 11.5. The summed E-state index contributed by atoms with van der Waals surface area (Å²) >= 11 is 6.15. The van der Waals surface area contributed by atoms with E-state index in [1.807, 2.05) is 6.92 Å². The summed E-state index contributed by atoms with van der Waals surface area (Å²) in [5, 5.41) is 4.11. The van der Waals surface area contributed by atoms with Gasteiger partial charge in [0.1, 0.15) is 0 Å². The normalized spacial score (nSPS) is 11.5. The summed E-state index contributed by atoms with van der Waals surface area (Å²) in [7, 11) is -2.22. The van der Waals surface area contributed by atoms with Crippen LogP contribution in [0.2, 0.25) is 5.02 Å². The lowest BCUT2D eigenvalue weighted by Crippen LogP contribution is -2.18. The molecule has 0 saturated carbocycles. The van der Waals surface area contributed by atoms with Crippen LogP contribution in [0.4, 0.5) is 0 Å². The van der Waals surface area contributed by atoms with Gasteiger partial charge in [-0.1, -0.05) is 29.8 Å². The van der Waals surface area contributed by atoms with E-state index in [4.69, 9.17) is 21.1 Å². The zero-order valence-corrected chi connectivity index (χ0v) is 14.8. The van der Waals surface area contributed by atoms with Gasteiger partial charge in [-0.2, -0.15) is 13.5 Å². The van der Waals surface area contributed by atoms with Crippen molar-refractivity contribution in [3.8, 4) is 11.5 Å². The van der Waals surface area contributed by atoms with Gasteiger partial charge in [0.25, 0.3) is 10.0 Å². The molecule has 2 aromatic carbocycles. The number of halogens is 1. The highest BCUT2D eigenvalue weighted by molar-refractivity contribution is 7.89. The van der Waals surface area contributed by atoms with Crippen LogP contribution >= 0.6 is 11.6 Å². The fraction of sp³-hybridized carbons (Fsp3) is 0.188. The number of nitrogens with zero attached hydrogens (tertiary/aromatic N) is 1. The van der Waals surface area contributed by atoms with Gasteiger partial charge in [0.05, 0.1) is 29.8 Å². The lowest BCUT2D eigenvalue weighted by molar-refractivity contribution is 0.311. The van der Waals surface area contributed by atoms with Crippen molar-refractivity contribution in [3.05, 3.63) is 53.1 Å². The quantitative estimate of drug-likeness (QED) is 0.602. The van der Waals surface area contributed by atoms with Gasteiger partial charge in [0, 0.05) is 0 Å². The SMILES string of the molecule is CCOc1c(Cl)cc(/C=N/NS(=O)(=O)c2ccccc2)cc1OC. The third-order valence-electron chi connectivity index (χ3n) is 2.98. The van der Waals surface area contributed by atoms with Gasteiger partial charge in [-0.25, -0.2) is 4.83 Å². The minimum atomic E-state index is -3.71. The number of rotatable bonds is 7. The molecule has 0 aliphatic heterocycles. The minimum absolute atomic E-state index is 0.129. The van der Waals surface area contributed by atoms with Gasteiger partial charge in [-0.3, -0.25) is 0 Å². The zero-order valence-electron chi connectivity index (χ0n) is 13.2. The zero-order chi connectivity index (χ0) is 17.6. The van der Waals surface area contributed by atoms with Crippen LogP contribution in [0.25, 0.3) is 0 Å². The van der Waals surface area contributed by atoms with E-state index in [1.54, 1.807) is 30.3 Å². The van der Waals surface area contributed by atoms with Crippen molar-refractivity contribution in [2.45, 2.75) is 11.8 Å². The fourth-order valence-corrected chi connectivity index (χ4v) is 3.01. The first-order valence-corrected chi connectivity index (χ1v) is 8.94. The van der Waals surface area contributed by atoms with Crippen LogP contribution in [-0.2, 0) is 10.0 Å². The van der Waals surface area contributed by atoms with E-state index in [0.717, 1.165) is 0 Å². The van der Waals surface area contributed by atoms with Gasteiger partial charge < -0.3 is 9.47 Å². The van der Waals surface area contributed by atoms with Crippen LogP contribution in [0.3, 0.4) is 0 Å². The number of methoxy groups -OCH3 is 1. The molecule has 24 heavy (non-hydrogen) atoms. The molecule has 128 valence electrons. The molecular formula is C16H17ClN2O4S. The van der Waals surface area contributed by atoms with Gasteiger partial charge in [0.2, 0.25) is 0 Å². The molecule has 2 rings (SSSR count). The average Bonchev–Trinajstić information content (AvgIpc) is 2.57. The molecule has 0 aliphatic rings. The Balaban J connectivity index is 2.19. The summed E-state index contributed by atoms with van der Waals surface area (Å²) in [5.41, 5.74) is 0.566. The molecule has 0 aliphatic carbocycles. The number of nitrogens with one attached hydrogen (secondary N) is 1. The summed E-state index contributed by atoms with van der Waals surface area (Å²) in [6.07, 6.45) is 1.34. The number of benzene rings is 2. The van der Waals surface area contributed by atoms with Crippen LogP contribution in [0.15, 0.2) is 52.5 Å². The molecule has 0 fully saturated rings. The van der Waals surface area contributed by atoms with Crippen LogP contribution in [0, 0.1) is 0 Å². The third kappa shape index (κ3) is 4.39. The monoisotopic (exact) mass is 368 g/mol. The Morgan fingerprint density at radius 2 is 1.96 bits per heavy atom. The van der Waals surface area contributed by atoms with E-state index in [1.165, 1.54) is 25.5 Å². The maximum Gasteiger partial charge on any atom is 0.276 e. The van der Waals surface area contributed by atoms with E-state index in [2.05, 4.69) is 9.93 Å². The molecule has 6 nitrogen and oxygen atoms in total. The molecule has 0 amide bonds. The van der Waals surface area contributed by atoms with E-state index in [9.17, 15) is 8.42 Å². The van der Waals surface area contributed by atoms with Gasteiger partial charge in [-0.15, -0.1) is 0 Å². The fourth-order valence-electron chi connectivity index (χ4n) is 1.92. The third-order valence-corrected chi connectivity index (χ3v) is 4.50. The lowest BCUT2D eigenvalue weighted by atomic mass is 10.2. The molecule has 0 saturated heterocycles. The van der Waals surface area contributed by atoms with Crippen LogP contribution < -0.4 is 14.3 Å². The van der Waals surface area contributed by atoms with Gasteiger partial charge in [-0.05, 0) is 36.8 Å². The molecule has 0 atom stereocenters. The Kier molecular flexibility index (Phi) is 6.05.